The summed E-state index contributed by atoms with van der Waals surface area (Å²) in [5.41, 5.74) is 4.34. The Labute approximate surface area is 209 Å². The molecule has 0 heterocycles. The lowest BCUT2D eigenvalue weighted by Gasteiger charge is -2.09. The molecule has 0 bridgehead atoms. The molecule has 3 aromatic carbocycles. The molecule has 3 N–H and O–H groups in total. The van der Waals surface area contributed by atoms with Crippen molar-refractivity contribution in [2.45, 2.75) is 26.5 Å². The van der Waals surface area contributed by atoms with Crippen molar-refractivity contribution in [2.75, 3.05) is 11.9 Å². The number of carbonyl (C=O) groups is 3. The molecule has 0 fully saturated rings. The lowest BCUT2D eigenvalue weighted by atomic mass is 10.2. The normalized spacial score (nSPS) is 10.6. The standard InChI is InChI=1S/C27H28N4O5/c1-19(2)29-25(32)18-36-23-12-8-20(9-13-23)16-28-31-27(34)26(33)30-22-10-14-24(15-11-22)35-17-21-6-4-3-5-7-21/h3-16,19H,17-18H2,1-2H3,(H,29,32)(H,30,33)(H,31,34)/b28-16-. The maximum Gasteiger partial charge on any atom is 0.329 e. The molecule has 0 saturated heterocycles. The molecule has 3 amide bonds. The van der Waals surface area contributed by atoms with E-state index >= 15 is 0 Å². The van der Waals surface area contributed by atoms with Crippen LogP contribution >= 0.6 is 0 Å². The van der Waals surface area contributed by atoms with E-state index < -0.39 is 11.8 Å². The number of rotatable bonds is 10. The van der Waals surface area contributed by atoms with E-state index in [9.17, 15) is 14.4 Å². The molecule has 0 aromatic heterocycles. The van der Waals surface area contributed by atoms with E-state index in [1.165, 1.54) is 6.21 Å². The minimum absolute atomic E-state index is 0.0438. The third-order valence-corrected chi connectivity index (χ3v) is 4.65. The van der Waals surface area contributed by atoms with E-state index in [1.807, 2.05) is 44.2 Å². The van der Waals surface area contributed by atoms with Gasteiger partial charge in [0.15, 0.2) is 6.61 Å². The third kappa shape index (κ3) is 8.94. The van der Waals surface area contributed by atoms with Crippen molar-refractivity contribution in [3.05, 3.63) is 90.0 Å². The Morgan fingerprint density at radius 1 is 0.833 bits per heavy atom. The van der Waals surface area contributed by atoms with Crippen molar-refractivity contribution in [3.8, 4) is 11.5 Å². The smallest absolute Gasteiger partial charge is 0.329 e. The molecule has 0 aliphatic heterocycles. The summed E-state index contributed by atoms with van der Waals surface area (Å²) in [6.07, 6.45) is 1.39. The van der Waals surface area contributed by atoms with Gasteiger partial charge in [-0.3, -0.25) is 14.4 Å². The zero-order valence-electron chi connectivity index (χ0n) is 20.1. The van der Waals surface area contributed by atoms with Gasteiger partial charge in [-0.15, -0.1) is 0 Å². The SMILES string of the molecule is CC(C)NC(=O)COc1ccc(/C=N\NC(=O)C(=O)Nc2ccc(OCc3ccccc3)cc2)cc1. The zero-order valence-corrected chi connectivity index (χ0v) is 20.1. The summed E-state index contributed by atoms with van der Waals surface area (Å²) in [6, 6.07) is 23.2. The van der Waals surface area contributed by atoms with Crippen LogP contribution in [0.15, 0.2) is 84.0 Å². The first-order valence-corrected chi connectivity index (χ1v) is 11.3. The fourth-order valence-electron chi connectivity index (χ4n) is 2.94. The van der Waals surface area contributed by atoms with Crippen molar-refractivity contribution in [1.29, 1.82) is 0 Å². The number of carbonyl (C=O) groups excluding carboxylic acids is 3. The Bertz CT molecular complexity index is 1180. The molecule has 0 spiro atoms. The second-order valence-electron chi connectivity index (χ2n) is 8.03. The van der Waals surface area contributed by atoms with E-state index in [0.29, 0.717) is 29.4 Å². The Kier molecular flexibility index (Phi) is 9.58. The van der Waals surface area contributed by atoms with E-state index in [0.717, 1.165) is 5.56 Å². The lowest BCUT2D eigenvalue weighted by molar-refractivity contribution is -0.136. The summed E-state index contributed by atoms with van der Waals surface area (Å²) in [7, 11) is 0. The summed E-state index contributed by atoms with van der Waals surface area (Å²) in [5.74, 6) is -0.809. The van der Waals surface area contributed by atoms with Crippen LogP contribution in [0.25, 0.3) is 0 Å². The van der Waals surface area contributed by atoms with Crippen LogP contribution in [0.5, 0.6) is 11.5 Å². The fourth-order valence-corrected chi connectivity index (χ4v) is 2.94. The van der Waals surface area contributed by atoms with E-state index in [-0.39, 0.29) is 18.6 Å². The van der Waals surface area contributed by atoms with Gasteiger partial charge in [0, 0.05) is 11.7 Å². The molecular weight excluding hydrogens is 460 g/mol. The van der Waals surface area contributed by atoms with Crippen LogP contribution in [0.3, 0.4) is 0 Å². The molecule has 0 radical (unpaired) electrons. The number of benzene rings is 3. The van der Waals surface area contributed by atoms with Crippen molar-refractivity contribution in [3.63, 3.8) is 0 Å². The second-order valence-corrected chi connectivity index (χ2v) is 8.03. The van der Waals surface area contributed by atoms with Crippen molar-refractivity contribution in [1.82, 2.24) is 10.7 Å². The van der Waals surface area contributed by atoms with Gasteiger partial charge in [-0.05, 0) is 73.5 Å². The summed E-state index contributed by atoms with van der Waals surface area (Å²) < 4.78 is 11.1. The van der Waals surface area contributed by atoms with Crippen LogP contribution in [-0.2, 0) is 21.0 Å². The summed E-state index contributed by atoms with van der Waals surface area (Å²) >= 11 is 0. The predicted molar refractivity (Wildman–Crippen MR) is 137 cm³/mol. The highest BCUT2D eigenvalue weighted by molar-refractivity contribution is 6.39. The lowest BCUT2D eigenvalue weighted by Crippen LogP contribution is -2.34. The third-order valence-electron chi connectivity index (χ3n) is 4.65. The van der Waals surface area contributed by atoms with Crippen LogP contribution in [-0.4, -0.2) is 36.6 Å². The van der Waals surface area contributed by atoms with Gasteiger partial charge >= 0.3 is 11.8 Å². The van der Waals surface area contributed by atoms with Gasteiger partial charge in [-0.1, -0.05) is 30.3 Å². The average Bonchev–Trinajstić information content (AvgIpc) is 2.88. The molecular formula is C27H28N4O5. The number of hydrogen-bond donors (Lipinski definition) is 3. The Morgan fingerprint density at radius 2 is 1.47 bits per heavy atom. The van der Waals surface area contributed by atoms with E-state index in [2.05, 4.69) is 21.2 Å². The average molecular weight is 489 g/mol. The molecule has 0 atom stereocenters. The molecule has 0 aliphatic carbocycles. The van der Waals surface area contributed by atoms with Crippen molar-refractivity contribution >= 4 is 29.6 Å². The first-order valence-electron chi connectivity index (χ1n) is 11.3. The minimum atomic E-state index is -0.910. The Morgan fingerprint density at radius 3 is 2.14 bits per heavy atom. The summed E-state index contributed by atoms with van der Waals surface area (Å²) in [4.78, 5) is 35.8. The van der Waals surface area contributed by atoms with Crippen LogP contribution in [0.2, 0.25) is 0 Å². The largest absolute Gasteiger partial charge is 0.489 e. The molecule has 3 rings (SSSR count). The topological polar surface area (TPSA) is 118 Å². The highest BCUT2D eigenvalue weighted by Crippen LogP contribution is 2.17. The van der Waals surface area contributed by atoms with Crippen molar-refractivity contribution < 1.29 is 23.9 Å². The Hall–Kier alpha value is -4.66. The Balaban J connectivity index is 1.40. The molecule has 36 heavy (non-hydrogen) atoms. The second kappa shape index (κ2) is 13.3. The first kappa shape index (κ1) is 26.0. The van der Waals surface area contributed by atoms with E-state index in [4.69, 9.17) is 9.47 Å². The van der Waals surface area contributed by atoms with Gasteiger partial charge in [0.1, 0.15) is 18.1 Å². The monoisotopic (exact) mass is 488 g/mol. The summed E-state index contributed by atoms with van der Waals surface area (Å²) in [6.45, 7) is 4.09. The van der Waals surface area contributed by atoms with Crippen molar-refractivity contribution in [2.24, 2.45) is 5.10 Å². The van der Waals surface area contributed by atoms with Gasteiger partial charge in [-0.2, -0.15) is 5.10 Å². The van der Waals surface area contributed by atoms with Crippen LogP contribution in [0, 0.1) is 0 Å². The van der Waals surface area contributed by atoms with E-state index in [1.54, 1.807) is 48.5 Å². The van der Waals surface area contributed by atoms with Crippen LogP contribution < -0.4 is 25.5 Å². The molecule has 3 aromatic rings. The molecule has 9 nitrogen and oxygen atoms in total. The number of hydrogen-bond acceptors (Lipinski definition) is 6. The van der Waals surface area contributed by atoms with Gasteiger partial charge in [0.2, 0.25) is 0 Å². The number of nitrogens with zero attached hydrogens (tertiary/aromatic N) is 1. The van der Waals surface area contributed by atoms with Crippen LogP contribution in [0.4, 0.5) is 5.69 Å². The quantitative estimate of drug-likeness (QED) is 0.230. The number of hydrazone groups is 1. The maximum absolute atomic E-state index is 12.1. The molecule has 186 valence electrons. The predicted octanol–water partition coefficient (Wildman–Crippen LogP) is 3.26. The summed E-state index contributed by atoms with van der Waals surface area (Å²) in [5, 5.41) is 9.04. The zero-order chi connectivity index (χ0) is 25.8. The number of nitrogens with one attached hydrogen (secondary N) is 3. The fraction of sp³-hybridized carbons (Fsp3) is 0.185. The molecule has 0 aliphatic rings. The molecule has 0 unspecified atom stereocenters. The molecule has 0 saturated carbocycles. The maximum atomic E-state index is 12.1. The molecule has 9 heteroatoms. The number of amides is 3. The number of ether oxygens (including phenoxy) is 2. The van der Waals surface area contributed by atoms with Gasteiger partial charge in [0.25, 0.3) is 5.91 Å². The first-order chi connectivity index (χ1) is 17.4. The van der Waals surface area contributed by atoms with Gasteiger partial charge in [-0.25, -0.2) is 5.43 Å². The highest BCUT2D eigenvalue weighted by Gasteiger charge is 2.13. The minimum Gasteiger partial charge on any atom is -0.489 e. The van der Waals surface area contributed by atoms with Gasteiger partial charge < -0.3 is 20.1 Å². The van der Waals surface area contributed by atoms with Gasteiger partial charge in [0.05, 0.1) is 6.21 Å². The number of anilines is 1. The highest BCUT2D eigenvalue weighted by atomic mass is 16.5. The van der Waals surface area contributed by atoms with Crippen LogP contribution in [0.1, 0.15) is 25.0 Å².